The summed E-state index contributed by atoms with van der Waals surface area (Å²) in [5.74, 6) is -0.349. The Balaban J connectivity index is 1.98. The third kappa shape index (κ3) is 6.38. The maximum absolute atomic E-state index is 12.7. The first kappa shape index (κ1) is 20.9. The van der Waals surface area contributed by atoms with Gasteiger partial charge in [0.2, 0.25) is 5.91 Å². The molecule has 0 aliphatic rings. The Morgan fingerprint density at radius 1 is 1.07 bits per heavy atom. The average Bonchev–Trinajstić information content (AvgIpc) is 2.66. The number of nitrogens with one attached hydrogen (secondary N) is 1. The van der Waals surface area contributed by atoms with Crippen LogP contribution < -0.4 is 16.0 Å². The zero-order valence-electron chi connectivity index (χ0n) is 15.5. The van der Waals surface area contributed by atoms with Gasteiger partial charge in [-0.1, -0.05) is 67.4 Å². The van der Waals surface area contributed by atoms with E-state index in [4.69, 9.17) is 17.3 Å². The Labute approximate surface area is 165 Å². The van der Waals surface area contributed by atoms with E-state index in [1.54, 1.807) is 24.3 Å². The summed E-state index contributed by atoms with van der Waals surface area (Å²) in [4.78, 5) is 25.4. The van der Waals surface area contributed by atoms with Gasteiger partial charge < -0.3 is 11.1 Å². The van der Waals surface area contributed by atoms with Crippen LogP contribution in [0.3, 0.4) is 0 Å². The Kier molecular flexibility index (Phi) is 8.30. The summed E-state index contributed by atoms with van der Waals surface area (Å²) in [5, 5.41) is 3.82. The normalized spacial score (nSPS) is 11.8. The fourth-order valence-corrected chi connectivity index (χ4v) is 3.19. The first-order chi connectivity index (χ1) is 13.0. The second-order valence-electron chi connectivity index (χ2n) is 6.41. The van der Waals surface area contributed by atoms with Gasteiger partial charge in [0, 0.05) is 19.0 Å². The third-order valence-electron chi connectivity index (χ3n) is 4.34. The number of hydrogen-bond acceptors (Lipinski definition) is 3. The van der Waals surface area contributed by atoms with Crippen LogP contribution in [0.15, 0.2) is 54.6 Å². The van der Waals surface area contributed by atoms with Gasteiger partial charge >= 0.3 is 6.03 Å². The lowest BCUT2D eigenvalue weighted by molar-refractivity contribution is -0.118. The minimum atomic E-state index is -0.822. The topological polar surface area (TPSA) is 75.4 Å². The Bertz CT molecular complexity index is 752. The zero-order valence-corrected chi connectivity index (χ0v) is 16.3. The number of urea groups is 1. The number of carbonyl (C=O) groups is 2. The van der Waals surface area contributed by atoms with E-state index < -0.39 is 6.03 Å². The van der Waals surface area contributed by atoms with Crippen LogP contribution in [0.4, 0.5) is 10.5 Å². The minimum Gasteiger partial charge on any atom is -0.351 e. The lowest BCUT2D eigenvalue weighted by Crippen LogP contribution is -2.41. The molecule has 2 rings (SSSR count). The van der Waals surface area contributed by atoms with Crippen LogP contribution in [0, 0.1) is 0 Å². The molecule has 5 nitrogen and oxygen atoms in total. The molecule has 0 spiro atoms. The van der Waals surface area contributed by atoms with Gasteiger partial charge in [0.05, 0.1) is 10.7 Å². The number of imide groups is 1. The van der Waals surface area contributed by atoms with Gasteiger partial charge in [-0.05, 0) is 30.5 Å². The Morgan fingerprint density at radius 3 is 2.37 bits per heavy atom. The molecule has 3 N–H and O–H groups in total. The molecule has 0 fully saturated rings. The van der Waals surface area contributed by atoms with Crippen LogP contribution >= 0.6 is 11.6 Å². The standard InChI is InChI=1S/C21H26ClN3O2/c1-2-8-17(24-15-16-9-4-3-5-10-16)13-14-20(26)25(21(23)27)19-12-7-6-11-18(19)22/h3-7,9-12,17,24H,2,8,13-15H2,1H3,(H2,23,27). The van der Waals surface area contributed by atoms with Crippen LogP contribution in [-0.2, 0) is 11.3 Å². The summed E-state index contributed by atoms with van der Waals surface area (Å²) in [6.07, 6.45) is 2.78. The van der Waals surface area contributed by atoms with Crippen molar-refractivity contribution in [1.82, 2.24) is 5.32 Å². The quantitative estimate of drug-likeness (QED) is 0.665. The summed E-state index contributed by atoms with van der Waals surface area (Å²) < 4.78 is 0. The molecule has 144 valence electrons. The van der Waals surface area contributed by atoms with E-state index in [1.165, 1.54) is 5.56 Å². The second kappa shape index (κ2) is 10.7. The van der Waals surface area contributed by atoms with Crippen molar-refractivity contribution in [2.45, 2.75) is 45.2 Å². The number of anilines is 1. The van der Waals surface area contributed by atoms with Crippen LogP contribution in [0.1, 0.15) is 38.2 Å². The highest BCUT2D eigenvalue weighted by Gasteiger charge is 2.23. The van der Waals surface area contributed by atoms with Crippen LogP contribution in [0.5, 0.6) is 0 Å². The van der Waals surface area contributed by atoms with Crippen molar-refractivity contribution in [2.24, 2.45) is 5.73 Å². The highest BCUT2D eigenvalue weighted by Crippen LogP contribution is 2.26. The van der Waals surface area contributed by atoms with Gasteiger partial charge in [0.15, 0.2) is 0 Å². The first-order valence-corrected chi connectivity index (χ1v) is 9.55. The number of carbonyl (C=O) groups excluding carboxylic acids is 2. The number of nitrogens with two attached hydrogens (primary N) is 1. The molecule has 1 atom stereocenters. The molecular formula is C21H26ClN3O2. The molecule has 0 aromatic heterocycles. The molecule has 3 amide bonds. The number of amides is 3. The predicted molar refractivity (Wildman–Crippen MR) is 110 cm³/mol. The molecule has 0 aliphatic heterocycles. The first-order valence-electron chi connectivity index (χ1n) is 9.17. The molecular weight excluding hydrogens is 362 g/mol. The van der Waals surface area contributed by atoms with Crippen LogP contribution in [0.2, 0.25) is 5.02 Å². The lowest BCUT2D eigenvalue weighted by Gasteiger charge is -2.22. The van der Waals surface area contributed by atoms with Crippen molar-refractivity contribution in [3.8, 4) is 0 Å². The molecule has 0 radical (unpaired) electrons. The van der Waals surface area contributed by atoms with Gasteiger partial charge in [0.1, 0.15) is 0 Å². The number of primary amides is 1. The number of nitrogens with zero attached hydrogens (tertiary/aromatic N) is 1. The number of hydrogen-bond donors (Lipinski definition) is 2. The number of para-hydroxylation sites is 1. The van der Waals surface area contributed by atoms with Gasteiger partial charge in [0.25, 0.3) is 0 Å². The Hall–Kier alpha value is -2.37. The molecule has 6 heteroatoms. The van der Waals surface area contributed by atoms with Crippen molar-refractivity contribution in [3.63, 3.8) is 0 Å². The van der Waals surface area contributed by atoms with E-state index in [0.29, 0.717) is 17.1 Å². The van der Waals surface area contributed by atoms with Gasteiger partial charge in [-0.2, -0.15) is 0 Å². The van der Waals surface area contributed by atoms with Crippen molar-refractivity contribution < 1.29 is 9.59 Å². The average molecular weight is 388 g/mol. The summed E-state index contributed by atoms with van der Waals surface area (Å²) in [7, 11) is 0. The van der Waals surface area contributed by atoms with E-state index in [1.807, 2.05) is 18.2 Å². The van der Waals surface area contributed by atoms with Crippen LogP contribution in [0.25, 0.3) is 0 Å². The molecule has 27 heavy (non-hydrogen) atoms. The minimum absolute atomic E-state index is 0.181. The SMILES string of the molecule is CCCC(CCC(=O)N(C(N)=O)c1ccccc1Cl)NCc1ccccc1. The largest absolute Gasteiger partial charge is 0.351 e. The molecule has 0 bridgehead atoms. The molecule has 0 heterocycles. The highest BCUT2D eigenvalue weighted by molar-refractivity contribution is 6.35. The van der Waals surface area contributed by atoms with Crippen molar-refractivity contribution in [3.05, 3.63) is 65.2 Å². The number of benzene rings is 2. The van der Waals surface area contributed by atoms with Crippen molar-refractivity contribution >= 4 is 29.2 Å². The molecule has 0 aliphatic carbocycles. The van der Waals surface area contributed by atoms with E-state index in [9.17, 15) is 9.59 Å². The maximum atomic E-state index is 12.7. The fraction of sp³-hybridized carbons (Fsp3) is 0.333. The number of rotatable bonds is 9. The van der Waals surface area contributed by atoms with E-state index >= 15 is 0 Å². The van der Waals surface area contributed by atoms with Gasteiger partial charge in [-0.15, -0.1) is 0 Å². The molecule has 1 unspecified atom stereocenters. The fourth-order valence-electron chi connectivity index (χ4n) is 2.97. The van der Waals surface area contributed by atoms with Gasteiger partial charge in [-0.25, -0.2) is 9.69 Å². The monoisotopic (exact) mass is 387 g/mol. The summed E-state index contributed by atoms with van der Waals surface area (Å²) in [5.41, 5.74) is 6.94. The Morgan fingerprint density at radius 2 is 1.74 bits per heavy atom. The summed E-state index contributed by atoms with van der Waals surface area (Å²) in [6.45, 7) is 2.85. The maximum Gasteiger partial charge on any atom is 0.326 e. The highest BCUT2D eigenvalue weighted by atomic mass is 35.5. The summed E-state index contributed by atoms with van der Waals surface area (Å²) >= 11 is 6.12. The molecule has 0 saturated carbocycles. The number of halogens is 1. The second-order valence-corrected chi connectivity index (χ2v) is 6.82. The molecule has 0 saturated heterocycles. The van der Waals surface area contributed by atoms with Crippen LogP contribution in [-0.4, -0.2) is 18.0 Å². The predicted octanol–water partition coefficient (Wildman–Crippen LogP) is 4.49. The molecule has 2 aromatic rings. The van der Waals surface area contributed by atoms with E-state index in [-0.39, 0.29) is 18.4 Å². The smallest absolute Gasteiger partial charge is 0.326 e. The van der Waals surface area contributed by atoms with E-state index in [0.717, 1.165) is 24.3 Å². The van der Waals surface area contributed by atoms with Crippen molar-refractivity contribution in [1.29, 1.82) is 0 Å². The zero-order chi connectivity index (χ0) is 19.6. The van der Waals surface area contributed by atoms with Crippen molar-refractivity contribution in [2.75, 3.05) is 4.90 Å². The van der Waals surface area contributed by atoms with E-state index in [2.05, 4.69) is 24.4 Å². The summed E-state index contributed by atoms with van der Waals surface area (Å²) in [6, 6.07) is 16.2. The van der Waals surface area contributed by atoms with Gasteiger partial charge in [-0.3, -0.25) is 4.79 Å². The lowest BCUT2D eigenvalue weighted by atomic mass is 10.0. The third-order valence-corrected chi connectivity index (χ3v) is 4.66. The molecule has 2 aromatic carbocycles.